The Morgan fingerprint density at radius 2 is 2.17 bits per heavy atom. The van der Waals surface area contributed by atoms with Gasteiger partial charge in [0.1, 0.15) is 0 Å². The number of nitrogens with zero attached hydrogens (tertiary/aromatic N) is 2. The first-order chi connectivity index (χ1) is 11.0. The molecule has 2 aliphatic heterocycles. The van der Waals surface area contributed by atoms with E-state index in [1.54, 1.807) is 0 Å². The predicted molar refractivity (Wildman–Crippen MR) is 97.1 cm³/mol. The van der Waals surface area contributed by atoms with Crippen molar-refractivity contribution in [1.29, 1.82) is 0 Å². The van der Waals surface area contributed by atoms with Crippen LogP contribution in [-0.4, -0.2) is 61.3 Å². The standard InChI is InChI=1S/C18H36N4O/c1-5-19-17(21-14-18(4)10-8-12-23-18)20-13-16(3)22-11-7-6-9-15(22)2/h15-16H,5-14H2,1-4H3,(H2,19,20,21). The van der Waals surface area contributed by atoms with Gasteiger partial charge in [-0.3, -0.25) is 9.89 Å². The van der Waals surface area contributed by atoms with Gasteiger partial charge in [-0.25, -0.2) is 0 Å². The van der Waals surface area contributed by atoms with Crippen molar-refractivity contribution >= 4 is 5.96 Å². The summed E-state index contributed by atoms with van der Waals surface area (Å²) in [7, 11) is 0. The van der Waals surface area contributed by atoms with E-state index in [0.717, 1.165) is 45.0 Å². The fourth-order valence-corrected chi connectivity index (χ4v) is 3.69. The van der Waals surface area contributed by atoms with E-state index in [1.807, 2.05) is 0 Å². The van der Waals surface area contributed by atoms with Crippen molar-refractivity contribution < 1.29 is 4.74 Å². The average Bonchev–Trinajstić information content (AvgIpc) is 2.97. The van der Waals surface area contributed by atoms with Crippen molar-refractivity contribution in [2.75, 3.05) is 32.8 Å². The largest absolute Gasteiger partial charge is 0.373 e. The van der Waals surface area contributed by atoms with Crippen molar-refractivity contribution in [3.63, 3.8) is 0 Å². The van der Waals surface area contributed by atoms with E-state index < -0.39 is 0 Å². The third kappa shape index (κ3) is 5.64. The zero-order chi connectivity index (χ0) is 16.7. The Balaban J connectivity index is 1.83. The van der Waals surface area contributed by atoms with Gasteiger partial charge in [-0.05, 0) is 59.9 Å². The van der Waals surface area contributed by atoms with Crippen LogP contribution in [-0.2, 0) is 4.74 Å². The van der Waals surface area contributed by atoms with Crippen molar-refractivity contribution in [3.05, 3.63) is 0 Å². The summed E-state index contributed by atoms with van der Waals surface area (Å²) in [5.74, 6) is 0.917. The Morgan fingerprint density at radius 3 is 2.83 bits per heavy atom. The Hall–Kier alpha value is -0.810. The number of likely N-dealkylation sites (tertiary alicyclic amines) is 1. The average molecular weight is 325 g/mol. The van der Waals surface area contributed by atoms with Crippen LogP contribution >= 0.6 is 0 Å². The molecule has 0 aromatic rings. The molecule has 0 amide bonds. The molecule has 2 N–H and O–H groups in total. The number of nitrogens with one attached hydrogen (secondary N) is 2. The van der Waals surface area contributed by atoms with Gasteiger partial charge in [0.15, 0.2) is 5.96 Å². The molecule has 0 aliphatic carbocycles. The molecule has 2 saturated heterocycles. The summed E-state index contributed by atoms with van der Waals surface area (Å²) in [4.78, 5) is 7.38. The van der Waals surface area contributed by atoms with E-state index in [-0.39, 0.29) is 5.60 Å². The van der Waals surface area contributed by atoms with Gasteiger partial charge < -0.3 is 15.4 Å². The molecule has 0 bridgehead atoms. The Bertz CT molecular complexity index is 379. The Labute approximate surface area is 142 Å². The lowest BCUT2D eigenvalue weighted by molar-refractivity contribution is 0.0283. The molecule has 3 atom stereocenters. The molecule has 5 heteroatoms. The highest BCUT2D eigenvalue weighted by atomic mass is 16.5. The van der Waals surface area contributed by atoms with Gasteiger partial charge in [0.25, 0.3) is 0 Å². The first kappa shape index (κ1) is 18.5. The molecule has 3 unspecified atom stereocenters. The van der Waals surface area contributed by atoms with Gasteiger partial charge in [-0.2, -0.15) is 0 Å². The monoisotopic (exact) mass is 324 g/mol. The van der Waals surface area contributed by atoms with E-state index in [1.165, 1.54) is 25.8 Å². The van der Waals surface area contributed by atoms with Crippen LogP contribution in [0.4, 0.5) is 0 Å². The van der Waals surface area contributed by atoms with Crippen molar-refractivity contribution in [2.45, 2.75) is 77.5 Å². The van der Waals surface area contributed by atoms with E-state index in [0.29, 0.717) is 12.1 Å². The minimum absolute atomic E-state index is 0.0741. The first-order valence-corrected chi connectivity index (χ1v) is 9.46. The number of hydrogen-bond acceptors (Lipinski definition) is 3. The molecule has 0 saturated carbocycles. The number of ether oxygens (including phenoxy) is 1. The summed E-state index contributed by atoms with van der Waals surface area (Å²) in [5.41, 5.74) is -0.0741. The van der Waals surface area contributed by atoms with Crippen LogP contribution < -0.4 is 10.6 Å². The zero-order valence-corrected chi connectivity index (χ0v) is 15.5. The molecule has 0 aromatic heterocycles. The number of rotatable bonds is 6. The van der Waals surface area contributed by atoms with Gasteiger partial charge in [-0.15, -0.1) is 0 Å². The fourth-order valence-electron chi connectivity index (χ4n) is 3.69. The van der Waals surface area contributed by atoms with Gasteiger partial charge in [0.2, 0.25) is 0 Å². The van der Waals surface area contributed by atoms with Gasteiger partial charge in [0, 0.05) is 31.8 Å². The van der Waals surface area contributed by atoms with Gasteiger partial charge in [-0.1, -0.05) is 6.42 Å². The summed E-state index contributed by atoms with van der Waals surface area (Å²) >= 11 is 0. The fraction of sp³-hybridized carbons (Fsp3) is 0.944. The van der Waals surface area contributed by atoms with Crippen LogP contribution in [0.2, 0.25) is 0 Å². The molecule has 134 valence electrons. The molecule has 0 aromatic carbocycles. The minimum Gasteiger partial charge on any atom is -0.373 e. The Morgan fingerprint density at radius 1 is 1.35 bits per heavy atom. The van der Waals surface area contributed by atoms with Crippen molar-refractivity contribution in [2.24, 2.45) is 4.99 Å². The number of aliphatic imine (C=N–C) groups is 1. The lowest BCUT2D eigenvalue weighted by atomic mass is 10.0. The maximum Gasteiger partial charge on any atom is 0.191 e. The topological polar surface area (TPSA) is 48.9 Å². The van der Waals surface area contributed by atoms with Crippen LogP contribution in [0, 0.1) is 0 Å². The highest BCUT2D eigenvalue weighted by molar-refractivity contribution is 5.79. The van der Waals surface area contributed by atoms with Gasteiger partial charge in [0.05, 0.1) is 12.1 Å². The highest BCUT2D eigenvalue weighted by Crippen LogP contribution is 2.25. The van der Waals surface area contributed by atoms with Crippen LogP contribution in [0.5, 0.6) is 0 Å². The van der Waals surface area contributed by atoms with E-state index in [2.05, 4.69) is 43.2 Å². The number of guanidine groups is 1. The SMILES string of the molecule is CCNC(=NCC1(C)CCCO1)NCC(C)N1CCCCC1C. The maximum absolute atomic E-state index is 5.83. The van der Waals surface area contributed by atoms with Crippen molar-refractivity contribution in [3.8, 4) is 0 Å². The van der Waals surface area contributed by atoms with Crippen LogP contribution in [0.3, 0.4) is 0 Å². The van der Waals surface area contributed by atoms with Crippen LogP contribution in [0.1, 0.15) is 59.8 Å². The van der Waals surface area contributed by atoms with Crippen molar-refractivity contribution in [1.82, 2.24) is 15.5 Å². The second-order valence-electron chi connectivity index (χ2n) is 7.41. The smallest absolute Gasteiger partial charge is 0.191 e. The summed E-state index contributed by atoms with van der Waals surface area (Å²) < 4.78 is 5.83. The lowest BCUT2D eigenvalue weighted by Crippen LogP contribution is -2.50. The molecule has 2 heterocycles. The summed E-state index contributed by atoms with van der Waals surface area (Å²) in [6, 6.07) is 1.23. The summed E-state index contributed by atoms with van der Waals surface area (Å²) in [5, 5.41) is 6.88. The number of piperidine rings is 1. The lowest BCUT2D eigenvalue weighted by Gasteiger charge is -2.38. The molecule has 2 fully saturated rings. The maximum atomic E-state index is 5.83. The van der Waals surface area contributed by atoms with Gasteiger partial charge >= 0.3 is 0 Å². The Kier molecular flexibility index (Phi) is 7.15. The first-order valence-electron chi connectivity index (χ1n) is 9.46. The zero-order valence-electron chi connectivity index (χ0n) is 15.5. The van der Waals surface area contributed by atoms with E-state index >= 15 is 0 Å². The molecule has 0 spiro atoms. The third-order valence-electron chi connectivity index (χ3n) is 5.20. The minimum atomic E-state index is -0.0741. The molecule has 2 rings (SSSR count). The van der Waals surface area contributed by atoms with Crippen LogP contribution in [0.25, 0.3) is 0 Å². The molecule has 0 radical (unpaired) electrons. The molecular formula is C18H36N4O. The molecule has 23 heavy (non-hydrogen) atoms. The predicted octanol–water partition coefficient (Wildman–Crippen LogP) is 2.37. The van der Waals surface area contributed by atoms with Crippen LogP contribution in [0.15, 0.2) is 4.99 Å². The normalized spacial score (nSPS) is 31.1. The second-order valence-corrected chi connectivity index (χ2v) is 7.41. The third-order valence-corrected chi connectivity index (χ3v) is 5.20. The summed E-state index contributed by atoms with van der Waals surface area (Å²) in [6.45, 7) is 13.6. The molecule has 2 aliphatic rings. The summed E-state index contributed by atoms with van der Waals surface area (Å²) in [6.07, 6.45) is 6.30. The highest BCUT2D eigenvalue weighted by Gasteiger charge is 2.29. The quantitative estimate of drug-likeness (QED) is 0.582. The second kappa shape index (κ2) is 8.88. The van der Waals surface area contributed by atoms with E-state index in [4.69, 9.17) is 9.73 Å². The molecule has 5 nitrogen and oxygen atoms in total. The molecular weight excluding hydrogens is 288 g/mol. The number of hydrogen-bond donors (Lipinski definition) is 2. The van der Waals surface area contributed by atoms with E-state index in [9.17, 15) is 0 Å².